The zero-order valence-corrected chi connectivity index (χ0v) is 15.6. The molecule has 0 aliphatic carbocycles. The monoisotopic (exact) mass is 358 g/mol. The SMILES string of the molecule is Cc1cc(C(=O)Nc2ccc(Cl)cc2C)nc(N2CCC(C)CC2)n1. The van der Waals surface area contributed by atoms with Crippen LogP contribution < -0.4 is 10.2 Å². The second kappa shape index (κ2) is 7.40. The number of halogens is 1. The third kappa shape index (κ3) is 4.28. The molecule has 2 aromatic rings. The molecular formula is C19H23ClN4O. The number of anilines is 2. The van der Waals surface area contributed by atoms with Gasteiger partial charge >= 0.3 is 0 Å². The van der Waals surface area contributed by atoms with Crippen molar-refractivity contribution < 1.29 is 4.79 Å². The fraction of sp³-hybridized carbons (Fsp3) is 0.421. The molecule has 1 amide bonds. The predicted molar refractivity (Wildman–Crippen MR) is 102 cm³/mol. The van der Waals surface area contributed by atoms with Crippen molar-refractivity contribution in [3.63, 3.8) is 0 Å². The Balaban J connectivity index is 1.80. The second-order valence-corrected chi connectivity index (χ2v) is 7.21. The Kier molecular flexibility index (Phi) is 5.23. The molecule has 1 aromatic heterocycles. The van der Waals surface area contributed by atoms with Crippen LogP contribution in [-0.2, 0) is 0 Å². The van der Waals surface area contributed by atoms with Crippen LogP contribution in [0.1, 0.15) is 41.5 Å². The van der Waals surface area contributed by atoms with Gasteiger partial charge in [-0.1, -0.05) is 18.5 Å². The predicted octanol–water partition coefficient (Wildman–Crippen LogP) is 4.24. The summed E-state index contributed by atoms with van der Waals surface area (Å²) in [6, 6.07) is 7.10. The number of benzene rings is 1. The molecule has 1 aliphatic heterocycles. The summed E-state index contributed by atoms with van der Waals surface area (Å²) in [6.07, 6.45) is 2.26. The molecular weight excluding hydrogens is 336 g/mol. The summed E-state index contributed by atoms with van der Waals surface area (Å²) in [5, 5.41) is 3.56. The fourth-order valence-electron chi connectivity index (χ4n) is 2.97. The molecule has 1 saturated heterocycles. The minimum atomic E-state index is -0.234. The van der Waals surface area contributed by atoms with Crippen molar-refractivity contribution in [3.05, 3.63) is 46.2 Å². The highest BCUT2D eigenvalue weighted by Gasteiger charge is 2.20. The van der Waals surface area contributed by atoms with Gasteiger partial charge in [-0.3, -0.25) is 4.79 Å². The van der Waals surface area contributed by atoms with Gasteiger partial charge in [-0.15, -0.1) is 0 Å². The van der Waals surface area contributed by atoms with E-state index in [1.54, 1.807) is 18.2 Å². The molecule has 1 N–H and O–H groups in total. The summed E-state index contributed by atoms with van der Waals surface area (Å²) in [5.74, 6) is 1.14. The first-order valence-corrected chi connectivity index (χ1v) is 8.98. The lowest BCUT2D eigenvalue weighted by Gasteiger charge is -2.30. The van der Waals surface area contributed by atoms with Crippen LogP contribution in [0, 0.1) is 19.8 Å². The fourth-order valence-corrected chi connectivity index (χ4v) is 3.20. The normalized spacial score (nSPS) is 15.3. The molecule has 6 heteroatoms. The topological polar surface area (TPSA) is 58.1 Å². The van der Waals surface area contributed by atoms with Gasteiger partial charge in [0.25, 0.3) is 5.91 Å². The minimum absolute atomic E-state index is 0.234. The van der Waals surface area contributed by atoms with Crippen molar-refractivity contribution in [1.29, 1.82) is 0 Å². The summed E-state index contributed by atoms with van der Waals surface area (Å²) in [4.78, 5) is 23.8. The Morgan fingerprint density at radius 3 is 2.60 bits per heavy atom. The lowest BCUT2D eigenvalue weighted by molar-refractivity contribution is 0.102. The van der Waals surface area contributed by atoms with Crippen LogP contribution in [0.2, 0.25) is 5.02 Å². The Hall–Kier alpha value is -2.14. The van der Waals surface area contributed by atoms with Crippen molar-refractivity contribution in [2.24, 2.45) is 5.92 Å². The number of carbonyl (C=O) groups excluding carboxylic acids is 1. The number of rotatable bonds is 3. The number of aryl methyl sites for hydroxylation is 2. The van der Waals surface area contributed by atoms with E-state index in [1.165, 1.54) is 0 Å². The maximum absolute atomic E-state index is 12.6. The molecule has 0 unspecified atom stereocenters. The van der Waals surface area contributed by atoms with E-state index in [9.17, 15) is 4.79 Å². The van der Waals surface area contributed by atoms with E-state index in [0.717, 1.165) is 48.8 Å². The number of nitrogens with one attached hydrogen (secondary N) is 1. The van der Waals surface area contributed by atoms with E-state index in [-0.39, 0.29) is 5.91 Å². The number of aromatic nitrogens is 2. The van der Waals surface area contributed by atoms with Gasteiger partial charge in [0.1, 0.15) is 5.69 Å². The summed E-state index contributed by atoms with van der Waals surface area (Å²) in [6.45, 7) is 7.93. The number of carbonyl (C=O) groups is 1. The van der Waals surface area contributed by atoms with E-state index in [0.29, 0.717) is 16.7 Å². The molecule has 0 saturated carbocycles. The maximum atomic E-state index is 12.6. The van der Waals surface area contributed by atoms with Crippen LogP contribution in [0.25, 0.3) is 0 Å². The maximum Gasteiger partial charge on any atom is 0.274 e. The van der Waals surface area contributed by atoms with Crippen molar-refractivity contribution in [1.82, 2.24) is 9.97 Å². The quantitative estimate of drug-likeness (QED) is 0.891. The molecule has 2 heterocycles. The Morgan fingerprint density at radius 1 is 1.20 bits per heavy atom. The molecule has 1 aromatic carbocycles. The van der Waals surface area contributed by atoms with Gasteiger partial charge in [-0.05, 0) is 62.4 Å². The molecule has 5 nitrogen and oxygen atoms in total. The molecule has 0 radical (unpaired) electrons. The van der Waals surface area contributed by atoms with Crippen molar-refractivity contribution in [2.75, 3.05) is 23.3 Å². The molecule has 1 fully saturated rings. The zero-order chi connectivity index (χ0) is 18.0. The van der Waals surface area contributed by atoms with Crippen molar-refractivity contribution >= 4 is 29.1 Å². The van der Waals surface area contributed by atoms with Crippen LogP contribution >= 0.6 is 11.6 Å². The molecule has 3 rings (SSSR count). The van der Waals surface area contributed by atoms with Crippen LogP contribution in [0.15, 0.2) is 24.3 Å². The van der Waals surface area contributed by atoms with Crippen LogP contribution in [0.3, 0.4) is 0 Å². The third-order valence-corrected chi connectivity index (χ3v) is 4.81. The first kappa shape index (κ1) is 17.7. The van der Waals surface area contributed by atoms with Gasteiger partial charge in [0.15, 0.2) is 0 Å². The Bertz CT molecular complexity index is 785. The average molecular weight is 359 g/mol. The largest absolute Gasteiger partial charge is 0.341 e. The zero-order valence-electron chi connectivity index (χ0n) is 14.8. The van der Waals surface area contributed by atoms with Crippen LogP contribution in [0.5, 0.6) is 0 Å². The second-order valence-electron chi connectivity index (χ2n) is 6.78. The first-order valence-electron chi connectivity index (χ1n) is 8.60. The van der Waals surface area contributed by atoms with Crippen LogP contribution in [0.4, 0.5) is 11.6 Å². The van der Waals surface area contributed by atoms with Gasteiger partial charge in [0.2, 0.25) is 5.95 Å². The van der Waals surface area contributed by atoms with E-state index in [1.807, 2.05) is 19.9 Å². The summed E-state index contributed by atoms with van der Waals surface area (Å²) < 4.78 is 0. The Labute approximate surface area is 153 Å². The molecule has 0 atom stereocenters. The number of piperidine rings is 1. The minimum Gasteiger partial charge on any atom is -0.341 e. The summed E-state index contributed by atoms with van der Waals surface area (Å²) >= 11 is 5.97. The van der Waals surface area contributed by atoms with E-state index in [4.69, 9.17) is 11.6 Å². The van der Waals surface area contributed by atoms with Gasteiger partial charge in [-0.25, -0.2) is 9.97 Å². The van der Waals surface area contributed by atoms with Gasteiger partial charge in [0.05, 0.1) is 0 Å². The lowest BCUT2D eigenvalue weighted by Crippen LogP contribution is -2.34. The number of hydrogen-bond acceptors (Lipinski definition) is 4. The highest BCUT2D eigenvalue weighted by Crippen LogP contribution is 2.22. The highest BCUT2D eigenvalue weighted by atomic mass is 35.5. The lowest BCUT2D eigenvalue weighted by atomic mass is 10.00. The smallest absolute Gasteiger partial charge is 0.274 e. The number of amides is 1. The molecule has 0 spiro atoms. The molecule has 1 aliphatic rings. The van der Waals surface area contributed by atoms with Gasteiger partial charge < -0.3 is 10.2 Å². The molecule has 0 bridgehead atoms. The average Bonchev–Trinajstić information content (AvgIpc) is 2.57. The van der Waals surface area contributed by atoms with E-state index in [2.05, 4.69) is 27.1 Å². The Morgan fingerprint density at radius 2 is 1.92 bits per heavy atom. The van der Waals surface area contributed by atoms with E-state index < -0.39 is 0 Å². The van der Waals surface area contributed by atoms with Crippen molar-refractivity contribution in [3.8, 4) is 0 Å². The number of nitrogens with zero attached hydrogens (tertiary/aromatic N) is 3. The number of hydrogen-bond donors (Lipinski definition) is 1. The van der Waals surface area contributed by atoms with Gasteiger partial charge in [-0.2, -0.15) is 0 Å². The third-order valence-electron chi connectivity index (χ3n) is 4.58. The standard InChI is InChI=1S/C19H23ClN4O/c1-12-6-8-24(9-7-12)19-21-14(3)11-17(23-19)18(25)22-16-5-4-15(20)10-13(16)2/h4-5,10-12H,6-9H2,1-3H3,(H,22,25). The highest BCUT2D eigenvalue weighted by molar-refractivity contribution is 6.30. The molecule has 132 valence electrons. The molecule has 25 heavy (non-hydrogen) atoms. The summed E-state index contributed by atoms with van der Waals surface area (Å²) in [7, 11) is 0. The van der Waals surface area contributed by atoms with E-state index >= 15 is 0 Å². The first-order chi connectivity index (χ1) is 11.9. The van der Waals surface area contributed by atoms with Crippen LogP contribution in [-0.4, -0.2) is 29.0 Å². The summed E-state index contributed by atoms with van der Waals surface area (Å²) in [5.41, 5.74) is 2.83. The van der Waals surface area contributed by atoms with Crippen molar-refractivity contribution in [2.45, 2.75) is 33.6 Å². The van der Waals surface area contributed by atoms with Gasteiger partial charge in [0, 0.05) is 29.5 Å².